The molecule has 0 aromatic heterocycles. The molecule has 4 heteroatoms. The number of ether oxygens (including phenoxy) is 2. The molecule has 0 N–H and O–H groups in total. The molecular formula is C21H18Cl2O2. The van der Waals surface area contributed by atoms with Gasteiger partial charge in [0.2, 0.25) is 0 Å². The zero-order valence-electron chi connectivity index (χ0n) is 13.6. The Morgan fingerprint density at radius 2 is 1.16 bits per heavy atom. The molecule has 2 nitrogen and oxygen atoms in total. The first-order chi connectivity index (χ1) is 12.2. The van der Waals surface area contributed by atoms with Gasteiger partial charge in [-0.15, -0.1) is 23.2 Å². The van der Waals surface area contributed by atoms with Crippen LogP contribution in [0.2, 0.25) is 0 Å². The monoisotopic (exact) mass is 372 g/mol. The van der Waals surface area contributed by atoms with Crippen molar-refractivity contribution in [2.45, 2.75) is 18.1 Å². The summed E-state index contributed by atoms with van der Waals surface area (Å²) in [6, 6.07) is 25.5. The van der Waals surface area contributed by atoms with Crippen molar-refractivity contribution < 1.29 is 9.47 Å². The third-order valence-electron chi connectivity index (χ3n) is 3.69. The Kier molecular flexibility index (Phi) is 6.21. The molecule has 0 aliphatic carbocycles. The van der Waals surface area contributed by atoms with Crippen molar-refractivity contribution in [1.82, 2.24) is 0 Å². The first-order valence-corrected chi connectivity index (χ1v) is 8.85. The summed E-state index contributed by atoms with van der Waals surface area (Å²) in [5.74, 6) is 1.29. The highest BCUT2D eigenvalue weighted by Gasteiger charge is 2.11. The van der Waals surface area contributed by atoms with Crippen LogP contribution >= 0.6 is 23.2 Å². The fraction of sp³-hybridized carbons (Fsp3) is 0.143. The van der Waals surface area contributed by atoms with Crippen molar-refractivity contribution in [2.75, 3.05) is 0 Å². The second-order valence-electron chi connectivity index (χ2n) is 5.56. The maximum Gasteiger partial charge on any atom is 0.162 e. The van der Waals surface area contributed by atoms with Crippen molar-refractivity contribution in [3.8, 4) is 11.5 Å². The second-order valence-corrected chi connectivity index (χ2v) is 6.65. The molecule has 0 fully saturated rings. The highest BCUT2D eigenvalue weighted by molar-refractivity contribution is 6.44. The van der Waals surface area contributed by atoms with E-state index >= 15 is 0 Å². The lowest BCUT2D eigenvalue weighted by molar-refractivity contribution is 0.256. The van der Waals surface area contributed by atoms with Gasteiger partial charge in [-0.1, -0.05) is 66.7 Å². The Labute approximate surface area is 157 Å². The van der Waals surface area contributed by atoms with E-state index in [0.29, 0.717) is 24.7 Å². The van der Waals surface area contributed by atoms with Gasteiger partial charge in [-0.25, -0.2) is 0 Å². The molecule has 0 aliphatic rings. The van der Waals surface area contributed by atoms with E-state index in [1.165, 1.54) is 0 Å². The zero-order chi connectivity index (χ0) is 17.5. The van der Waals surface area contributed by atoms with E-state index in [1.807, 2.05) is 78.9 Å². The van der Waals surface area contributed by atoms with Crippen LogP contribution in [0.25, 0.3) is 0 Å². The number of halogens is 2. The minimum absolute atomic E-state index is 0.446. The fourth-order valence-electron chi connectivity index (χ4n) is 2.36. The highest BCUT2D eigenvalue weighted by Crippen LogP contribution is 2.35. The fourth-order valence-corrected chi connectivity index (χ4v) is 2.63. The number of hydrogen-bond acceptors (Lipinski definition) is 2. The number of alkyl halides is 2. The number of hydrogen-bond donors (Lipinski definition) is 0. The van der Waals surface area contributed by atoms with Gasteiger partial charge in [-0.05, 0) is 28.8 Å². The predicted molar refractivity (Wildman–Crippen MR) is 102 cm³/mol. The van der Waals surface area contributed by atoms with E-state index in [0.717, 1.165) is 16.7 Å². The average Bonchev–Trinajstić information content (AvgIpc) is 2.66. The zero-order valence-corrected chi connectivity index (χ0v) is 15.1. The Morgan fingerprint density at radius 3 is 1.68 bits per heavy atom. The van der Waals surface area contributed by atoms with Gasteiger partial charge in [0, 0.05) is 0 Å². The van der Waals surface area contributed by atoms with Gasteiger partial charge in [-0.2, -0.15) is 0 Å². The van der Waals surface area contributed by atoms with E-state index in [4.69, 9.17) is 32.7 Å². The van der Waals surface area contributed by atoms with Crippen LogP contribution < -0.4 is 9.47 Å². The third kappa shape index (κ3) is 5.15. The Morgan fingerprint density at radius 1 is 0.640 bits per heavy atom. The lowest BCUT2D eigenvalue weighted by atomic mass is 10.2. The van der Waals surface area contributed by atoms with E-state index in [1.54, 1.807) is 0 Å². The molecule has 0 bridgehead atoms. The Hall–Kier alpha value is -2.16. The van der Waals surface area contributed by atoms with Crippen molar-refractivity contribution in [3.05, 3.63) is 95.6 Å². The van der Waals surface area contributed by atoms with Crippen molar-refractivity contribution in [3.63, 3.8) is 0 Å². The van der Waals surface area contributed by atoms with Gasteiger partial charge in [-0.3, -0.25) is 0 Å². The van der Waals surface area contributed by atoms with Crippen molar-refractivity contribution >= 4 is 23.2 Å². The van der Waals surface area contributed by atoms with Crippen LogP contribution in [0.4, 0.5) is 0 Å². The summed E-state index contributed by atoms with van der Waals surface area (Å²) >= 11 is 12.0. The molecule has 0 radical (unpaired) electrons. The van der Waals surface area contributed by atoms with Crippen LogP contribution in [0.15, 0.2) is 78.9 Å². The van der Waals surface area contributed by atoms with Gasteiger partial charge in [0.05, 0.1) is 0 Å². The van der Waals surface area contributed by atoms with Crippen LogP contribution in [-0.2, 0) is 13.2 Å². The summed E-state index contributed by atoms with van der Waals surface area (Å²) in [4.78, 5) is -0.609. The first-order valence-electron chi connectivity index (χ1n) is 7.98. The van der Waals surface area contributed by atoms with Gasteiger partial charge in [0.15, 0.2) is 11.5 Å². The molecule has 3 aromatic carbocycles. The Bertz CT molecular complexity index is 790. The molecular weight excluding hydrogens is 355 g/mol. The molecule has 0 spiro atoms. The van der Waals surface area contributed by atoms with Crippen molar-refractivity contribution in [1.29, 1.82) is 0 Å². The maximum absolute atomic E-state index is 5.99. The molecule has 0 saturated heterocycles. The normalized spacial score (nSPS) is 10.7. The lowest BCUT2D eigenvalue weighted by Gasteiger charge is -2.15. The van der Waals surface area contributed by atoms with E-state index in [2.05, 4.69) is 0 Å². The van der Waals surface area contributed by atoms with E-state index in [-0.39, 0.29) is 0 Å². The Balaban J connectivity index is 1.76. The van der Waals surface area contributed by atoms with Gasteiger partial charge >= 0.3 is 0 Å². The molecule has 0 aliphatic heterocycles. The second kappa shape index (κ2) is 8.80. The molecule has 0 atom stereocenters. The molecule has 0 saturated carbocycles. The lowest BCUT2D eigenvalue weighted by Crippen LogP contribution is -2.01. The summed E-state index contributed by atoms with van der Waals surface area (Å²) in [6.07, 6.45) is 0. The SMILES string of the molecule is ClC(Cl)c1ccc(OCc2ccccc2)c(OCc2ccccc2)c1. The van der Waals surface area contributed by atoms with Crippen LogP contribution in [-0.4, -0.2) is 0 Å². The molecule has 3 rings (SSSR count). The summed E-state index contributed by atoms with van der Waals surface area (Å²) in [5, 5.41) is 0. The summed E-state index contributed by atoms with van der Waals surface area (Å²) in [7, 11) is 0. The summed E-state index contributed by atoms with van der Waals surface area (Å²) < 4.78 is 11.9. The minimum Gasteiger partial charge on any atom is -0.485 e. The molecule has 0 unspecified atom stereocenters. The molecule has 25 heavy (non-hydrogen) atoms. The van der Waals surface area contributed by atoms with Crippen LogP contribution in [0, 0.1) is 0 Å². The molecule has 128 valence electrons. The summed E-state index contributed by atoms with van der Waals surface area (Å²) in [6.45, 7) is 0.911. The topological polar surface area (TPSA) is 18.5 Å². The van der Waals surface area contributed by atoms with Crippen LogP contribution in [0.1, 0.15) is 21.5 Å². The smallest absolute Gasteiger partial charge is 0.162 e. The standard InChI is InChI=1S/C21H18Cl2O2/c22-21(23)18-11-12-19(24-14-16-7-3-1-4-8-16)20(13-18)25-15-17-9-5-2-6-10-17/h1-13,21H,14-15H2. The van der Waals surface area contributed by atoms with Gasteiger partial charge in [0.25, 0.3) is 0 Å². The van der Waals surface area contributed by atoms with E-state index < -0.39 is 4.84 Å². The predicted octanol–water partition coefficient (Wildman–Crippen LogP) is 6.32. The largest absolute Gasteiger partial charge is 0.485 e. The van der Waals surface area contributed by atoms with Gasteiger partial charge < -0.3 is 9.47 Å². The van der Waals surface area contributed by atoms with Gasteiger partial charge in [0.1, 0.15) is 18.1 Å². The third-order valence-corrected chi connectivity index (χ3v) is 4.20. The average molecular weight is 373 g/mol. The molecule has 0 heterocycles. The van der Waals surface area contributed by atoms with Crippen molar-refractivity contribution in [2.24, 2.45) is 0 Å². The minimum atomic E-state index is -0.609. The molecule has 0 amide bonds. The molecule has 3 aromatic rings. The van der Waals surface area contributed by atoms with Crippen LogP contribution in [0.5, 0.6) is 11.5 Å². The van der Waals surface area contributed by atoms with Crippen LogP contribution in [0.3, 0.4) is 0 Å². The van der Waals surface area contributed by atoms with E-state index in [9.17, 15) is 0 Å². The summed E-state index contributed by atoms with van der Waals surface area (Å²) in [5.41, 5.74) is 2.95. The number of rotatable bonds is 7. The maximum atomic E-state index is 5.99. The quantitative estimate of drug-likeness (QED) is 0.451. The first kappa shape index (κ1) is 17.7. The number of benzene rings is 3. The highest BCUT2D eigenvalue weighted by atomic mass is 35.5.